The molecule has 100 valence electrons. The molecule has 2 rings (SSSR count). The minimum atomic E-state index is 0.781. The second-order valence-corrected chi connectivity index (χ2v) is 5.99. The summed E-state index contributed by atoms with van der Waals surface area (Å²) in [5.74, 6) is 0. The quantitative estimate of drug-likeness (QED) is 0.716. The molecule has 0 aromatic carbocycles. The molecule has 0 heterocycles. The van der Waals surface area contributed by atoms with Gasteiger partial charge in [0, 0.05) is 19.3 Å². The molecule has 2 nitrogen and oxygen atoms in total. The summed E-state index contributed by atoms with van der Waals surface area (Å²) in [6.45, 7) is 4.97. The van der Waals surface area contributed by atoms with Crippen LogP contribution in [0.1, 0.15) is 64.7 Å². The van der Waals surface area contributed by atoms with E-state index in [0.29, 0.717) is 0 Å². The average molecular weight is 239 g/mol. The molecule has 2 fully saturated rings. The third-order valence-electron chi connectivity index (χ3n) is 4.81. The van der Waals surface area contributed by atoms with Crippen LogP contribution in [0.3, 0.4) is 0 Å². The molecule has 0 radical (unpaired) electrons. The summed E-state index contributed by atoms with van der Waals surface area (Å²) in [7, 11) is 0. The minimum Gasteiger partial charge on any atom is -0.382 e. The molecule has 0 atom stereocenters. The van der Waals surface area contributed by atoms with Gasteiger partial charge < -0.3 is 10.1 Å². The lowest BCUT2D eigenvalue weighted by Crippen LogP contribution is -2.37. The maximum Gasteiger partial charge on any atom is 0.0477 e. The van der Waals surface area contributed by atoms with E-state index in [9.17, 15) is 0 Å². The van der Waals surface area contributed by atoms with Crippen LogP contribution in [0.2, 0.25) is 0 Å². The number of ether oxygens (including phenoxy) is 1. The largest absolute Gasteiger partial charge is 0.382 e. The van der Waals surface area contributed by atoms with Crippen molar-refractivity contribution in [2.24, 2.45) is 5.41 Å². The van der Waals surface area contributed by atoms with Gasteiger partial charge in [0.05, 0.1) is 0 Å². The summed E-state index contributed by atoms with van der Waals surface area (Å²) in [4.78, 5) is 0. The molecule has 2 saturated carbocycles. The van der Waals surface area contributed by atoms with E-state index in [-0.39, 0.29) is 0 Å². The normalized spacial score (nSPS) is 24.5. The fourth-order valence-corrected chi connectivity index (χ4v) is 3.68. The van der Waals surface area contributed by atoms with Crippen LogP contribution in [0.25, 0.3) is 0 Å². The highest BCUT2D eigenvalue weighted by atomic mass is 16.5. The predicted molar refractivity (Wildman–Crippen MR) is 72.3 cm³/mol. The molecule has 2 heteroatoms. The van der Waals surface area contributed by atoms with E-state index < -0.39 is 0 Å². The van der Waals surface area contributed by atoms with Crippen molar-refractivity contribution in [3.05, 3.63) is 0 Å². The van der Waals surface area contributed by atoms with Gasteiger partial charge in [-0.1, -0.05) is 12.8 Å². The van der Waals surface area contributed by atoms with Gasteiger partial charge in [0.15, 0.2) is 0 Å². The summed E-state index contributed by atoms with van der Waals surface area (Å²) in [5.41, 5.74) is 0.781. The second-order valence-electron chi connectivity index (χ2n) is 5.99. The van der Waals surface area contributed by atoms with Gasteiger partial charge in [0.1, 0.15) is 0 Å². The highest BCUT2D eigenvalue weighted by Gasteiger charge is 2.37. The zero-order valence-electron chi connectivity index (χ0n) is 11.5. The first-order valence-corrected chi connectivity index (χ1v) is 7.66. The van der Waals surface area contributed by atoms with Gasteiger partial charge in [-0.25, -0.2) is 0 Å². The van der Waals surface area contributed by atoms with E-state index in [1.165, 1.54) is 51.4 Å². The number of hydrogen-bond acceptors (Lipinski definition) is 2. The molecule has 0 bridgehead atoms. The molecule has 2 aliphatic rings. The maximum absolute atomic E-state index is 5.36. The minimum absolute atomic E-state index is 0.781. The van der Waals surface area contributed by atoms with Gasteiger partial charge in [0.25, 0.3) is 0 Å². The predicted octanol–water partition coefficient (Wildman–Crippen LogP) is 3.51. The third kappa shape index (κ3) is 3.96. The van der Waals surface area contributed by atoms with E-state index in [2.05, 4.69) is 12.2 Å². The Kier molecular flexibility index (Phi) is 5.30. The van der Waals surface area contributed by atoms with E-state index in [1.54, 1.807) is 0 Å². The van der Waals surface area contributed by atoms with Crippen molar-refractivity contribution in [3.8, 4) is 0 Å². The first-order chi connectivity index (χ1) is 8.35. The molecular formula is C15H29NO. The zero-order valence-corrected chi connectivity index (χ0v) is 11.5. The SMILES string of the molecule is CCOCCCNC1CCC2(CCCC2)CC1. The van der Waals surface area contributed by atoms with Crippen LogP contribution >= 0.6 is 0 Å². The van der Waals surface area contributed by atoms with Crippen LogP contribution in [0, 0.1) is 5.41 Å². The van der Waals surface area contributed by atoms with Gasteiger partial charge in [-0.15, -0.1) is 0 Å². The van der Waals surface area contributed by atoms with Crippen molar-refractivity contribution in [1.29, 1.82) is 0 Å². The van der Waals surface area contributed by atoms with Gasteiger partial charge in [0.2, 0.25) is 0 Å². The number of nitrogens with one attached hydrogen (secondary N) is 1. The Morgan fingerprint density at radius 2 is 1.82 bits per heavy atom. The molecule has 0 aliphatic heterocycles. The van der Waals surface area contributed by atoms with Gasteiger partial charge in [-0.2, -0.15) is 0 Å². The van der Waals surface area contributed by atoms with Crippen molar-refractivity contribution < 1.29 is 4.74 Å². The zero-order chi connectivity index (χ0) is 12.0. The van der Waals surface area contributed by atoms with E-state index in [4.69, 9.17) is 4.74 Å². The van der Waals surface area contributed by atoms with Crippen LogP contribution < -0.4 is 5.32 Å². The Morgan fingerprint density at radius 1 is 1.12 bits per heavy atom. The van der Waals surface area contributed by atoms with E-state index in [0.717, 1.165) is 37.6 Å². The Morgan fingerprint density at radius 3 is 2.47 bits per heavy atom. The first-order valence-electron chi connectivity index (χ1n) is 7.66. The Balaban J connectivity index is 1.56. The fourth-order valence-electron chi connectivity index (χ4n) is 3.68. The van der Waals surface area contributed by atoms with Gasteiger partial charge in [-0.05, 0) is 63.8 Å². The topological polar surface area (TPSA) is 21.3 Å². The molecule has 0 aromatic heterocycles. The average Bonchev–Trinajstić information content (AvgIpc) is 2.80. The molecule has 1 spiro atoms. The van der Waals surface area contributed by atoms with Crippen LogP contribution in [-0.2, 0) is 4.74 Å². The molecule has 0 unspecified atom stereocenters. The summed E-state index contributed by atoms with van der Waals surface area (Å²) < 4.78 is 5.36. The fraction of sp³-hybridized carbons (Fsp3) is 1.00. The van der Waals surface area contributed by atoms with Crippen molar-refractivity contribution in [2.45, 2.75) is 70.8 Å². The Hall–Kier alpha value is -0.0800. The van der Waals surface area contributed by atoms with Gasteiger partial charge >= 0.3 is 0 Å². The summed E-state index contributed by atoms with van der Waals surface area (Å²) in [6.07, 6.45) is 13.0. The Labute approximate surface area is 107 Å². The summed E-state index contributed by atoms with van der Waals surface area (Å²) in [6, 6.07) is 0.794. The lowest BCUT2D eigenvalue weighted by Gasteiger charge is -2.37. The molecule has 0 amide bonds. The highest BCUT2D eigenvalue weighted by Crippen LogP contribution is 2.48. The van der Waals surface area contributed by atoms with Crippen LogP contribution in [0.5, 0.6) is 0 Å². The van der Waals surface area contributed by atoms with Gasteiger partial charge in [-0.3, -0.25) is 0 Å². The maximum atomic E-state index is 5.36. The Bertz CT molecular complexity index is 201. The van der Waals surface area contributed by atoms with E-state index in [1.807, 2.05) is 0 Å². The molecule has 0 saturated heterocycles. The summed E-state index contributed by atoms with van der Waals surface area (Å²) in [5, 5.41) is 3.71. The molecule has 0 aromatic rings. The lowest BCUT2D eigenvalue weighted by atomic mass is 9.71. The van der Waals surface area contributed by atoms with Crippen molar-refractivity contribution in [2.75, 3.05) is 19.8 Å². The molecule has 1 N–H and O–H groups in total. The lowest BCUT2D eigenvalue weighted by molar-refractivity contribution is 0.139. The van der Waals surface area contributed by atoms with E-state index >= 15 is 0 Å². The van der Waals surface area contributed by atoms with Crippen molar-refractivity contribution in [1.82, 2.24) is 5.32 Å². The standard InChI is InChI=1S/C15H29NO/c1-2-17-13-5-12-16-14-6-10-15(11-7-14)8-3-4-9-15/h14,16H,2-13H2,1H3. The first kappa shape index (κ1) is 13.4. The van der Waals surface area contributed by atoms with Crippen molar-refractivity contribution in [3.63, 3.8) is 0 Å². The molecule has 2 aliphatic carbocycles. The van der Waals surface area contributed by atoms with Crippen LogP contribution in [0.15, 0.2) is 0 Å². The monoisotopic (exact) mass is 239 g/mol. The van der Waals surface area contributed by atoms with Crippen molar-refractivity contribution >= 4 is 0 Å². The number of hydrogen-bond donors (Lipinski definition) is 1. The van der Waals surface area contributed by atoms with Crippen LogP contribution in [0.4, 0.5) is 0 Å². The highest BCUT2D eigenvalue weighted by molar-refractivity contribution is 4.91. The third-order valence-corrected chi connectivity index (χ3v) is 4.81. The summed E-state index contributed by atoms with van der Waals surface area (Å²) >= 11 is 0. The van der Waals surface area contributed by atoms with Crippen LogP contribution in [-0.4, -0.2) is 25.8 Å². The number of rotatable bonds is 6. The molecular weight excluding hydrogens is 210 g/mol. The smallest absolute Gasteiger partial charge is 0.0477 e. The second kappa shape index (κ2) is 6.75. The molecule has 17 heavy (non-hydrogen) atoms.